The molecule has 0 aliphatic carbocycles. The molecule has 1 aliphatic rings. The van der Waals surface area contributed by atoms with Crippen LogP contribution in [0.2, 0.25) is 0 Å². The zero-order valence-corrected chi connectivity index (χ0v) is 12.2. The number of rotatable bonds is 6. The summed E-state index contributed by atoms with van der Waals surface area (Å²) in [7, 11) is -3.63. The lowest BCUT2D eigenvalue weighted by molar-refractivity contribution is 0.192. The SMILES string of the molecule is CCNCc1cc(S(=O)(=O)NC2CCOC2)ccc1F. The summed E-state index contributed by atoms with van der Waals surface area (Å²) in [6.45, 7) is 3.83. The minimum atomic E-state index is -3.63. The first-order valence-corrected chi connectivity index (χ1v) is 8.10. The maximum Gasteiger partial charge on any atom is 0.240 e. The predicted molar refractivity (Wildman–Crippen MR) is 73.3 cm³/mol. The summed E-state index contributed by atoms with van der Waals surface area (Å²) in [6.07, 6.45) is 0.657. The third-order valence-corrected chi connectivity index (χ3v) is 4.66. The van der Waals surface area contributed by atoms with E-state index in [1.165, 1.54) is 18.2 Å². The molecule has 1 aromatic carbocycles. The van der Waals surface area contributed by atoms with Gasteiger partial charge in [0.25, 0.3) is 0 Å². The van der Waals surface area contributed by atoms with Gasteiger partial charge in [0.05, 0.1) is 11.5 Å². The van der Waals surface area contributed by atoms with Gasteiger partial charge in [0.15, 0.2) is 0 Å². The molecule has 0 aromatic heterocycles. The highest BCUT2D eigenvalue weighted by atomic mass is 32.2. The molecule has 0 amide bonds. The van der Waals surface area contributed by atoms with Crippen molar-refractivity contribution in [2.45, 2.75) is 30.8 Å². The molecule has 1 heterocycles. The topological polar surface area (TPSA) is 67.4 Å². The number of hydrogen-bond acceptors (Lipinski definition) is 4. The van der Waals surface area contributed by atoms with Gasteiger partial charge in [0.2, 0.25) is 10.0 Å². The Kier molecular flexibility index (Phi) is 5.09. The number of halogens is 1. The van der Waals surface area contributed by atoms with E-state index in [2.05, 4.69) is 10.0 Å². The van der Waals surface area contributed by atoms with Crippen molar-refractivity contribution < 1.29 is 17.5 Å². The van der Waals surface area contributed by atoms with Crippen LogP contribution in [-0.2, 0) is 21.3 Å². The lowest BCUT2D eigenvalue weighted by Crippen LogP contribution is -2.35. The van der Waals surface area contributed by atoms with Crippen LogP contribution in [0, 0.1) is 5.82 Å². The molecule has 2 rings (SSSR count). The summed E-state index contributed by atoms with van der Waals surface area (Å²) in [6, 6.07) is 3.63. The molecule has 112 valence electrons. The highest BCUT2D eigenvalue weighted by Gasteiger charge is 2.24. The normalized spacial score (nSPS) is 19.4. The van der Waals surface area contributed by atoms with Gasteiger partial charge in [-0.2, -0.15) is 0 Å². The van der Waals surface area contributed by atoms with Gasteiger partial charge in [0, 0.05) is 24.8 Å². The average molecular weight is 302 g/mol. The Hall–Kier alpha value is -1.02. The zero-order chi connectivity index (χ0) is 14.6. The van der Waals surface area contributed by atoms with Crippen molar-refractivity contribution in [1.82, 2.24) is 10.0 Å². The molecule has 1 fully saturated rings. The molecule has 1 atom stereocenters. The van der Waals surface area contributed by atoms with Crippen LogP contribution < -0.4 is 10.0 Å². The van der Waals surface area contributed by atoms with E-state index < -0.39 is 15.8 Å². The molecule has 0 spiro atoms. The fourth-order valence-corrected chi connectivity index (χ4v) is 3.33. The van der Waals surface area contributed by atoms with Crippen LogP contribution in [0.1, 0.15) is 18.9 Å². The first kappa shape index (κ1) is 15.4. The van der Waals surface area contributed by atoms with Crippen molar-refractivity contribution in [1.29, 1.82) is 0 Å². The van der Waals surface area contributed by atoms with E-state index in [4.69, 9.17) is 4.74 Å². The highest BCUT2D eigenvalue weighted by Crippen LogP contribution is 2.16. The van der Waals surface area contributed by atoms with E-state index in [1.807, 2.05) is 6.92 Å². The lowest BCUT2D eigenvalue weighted by atomic mass is 10.2. The second kappa shape index (κ2) is 6.62. The number of benzene rings is 1. The summed E-state index contributed by atoms with van der Waals surface area (Å²) in [5.41, 5.74) is 0.345. The van der Waals surface area contributed by atoms with Gasteiger partial charge in [-0.25, -0.2) is 17.5 Å². The molecule has 2 N–H and O–H groups in total. The smallest absolute Gasteiger partial charge is 0.240 e. The van der Waals surface area contributed by atoms with Crippen molar-refractivity contribution in [3.05, 3.63) is 29.6 Å². The van der Waals surface area contributed by atoms with Gasteiger partial charge < -0.3 is 10.1 Å². The van der Waals surface area contributed by atoms with Gasteiger partial charge in [0.1, 0.15) is 5.82 Å². The van der Waals surface area contributed by atoms with Crippen molar-refractivity contribution in [2.75, 3.05) is 19.8 Å². The van der Waals surface area contributed by atoms with Crippen molar-refractivity contribution in [3.63, 3.8) is 0 Å². The summed E-state index contributed by atoms with van der Waals surface area (Å²) < 4.78 is 45.8. The molecule has 20 heavy (non-hydrogen) atoms. The van der Waals surface area contributed by atoms with Gasteiger partial charge in [-0.1, -0.05) is 6.92 Å². The Balaban J connectivity index is 2.17. The maximum absolute atomic E-state index is 13.6. The third-order valence-electron chi connectivity index (χ3n) is 3.14. The van der Waals surface area contributed by atoms with Crippen LogP contribution in [0.4, 0.5) is 4.39 Å². The van der Waals surface area contributed by atoms with Gasteiger partial charge >= 0.3 is 0 Å². The summed E-state index contributed by atoms with van der Waals surface area (Å²) in [5.74, 6) is -0.408. The quantitative estimate of drug-likeness (QED) is 0.823. The molecule has 0 radical (unpaired) electrons. The standard InChI is InChI=1S/C13H19FN2O3S/c1-2-15-8-10-7-12(3-4-13(10)14)20(17,18)16-11-5-6-19-9-11/h3-4,7,11,15-16H,2,5-6,8-9H2,1H3. The molecular formula is C13H19FN2O3S. The van der Waals surface area contributed by atoms with Crippen LogP contribution in [-0.4, -0.2) is 34.2 Å². The Morgan fingerprint density at radius 1 is 1.45 bits per heavy atom. The molecule has 1 aromatic rings. The molecule has 1 saturated heterocycles. The fraction of sp³-hybridized carbons (Fsp3) is 0.538. The molecule has 1 unspecified atom stereocenters. The van der Waals surface area contributed by atoms with Crippen LogP contribution >= 0.6 is 0 Å². The van der Waals surface area contributed by atoms with E-state index in [9.17, 15) is 12.8 Å². The van der Waals surface area contributed by atoms with Crippen molar-refractivity contribution >= 4 is 10.0 Å². The largest absolute Gasteiger partial charge is 0.380 e. The van der Waals surface area contributed by atoms with Crippen molar-refractivity contribution in [2.24, 2.45) is 0 Å². The molecule has 7 heteroatoms. The Bertz CT molecular complexity index is 557. The monoisotopic (exact) mass is 302 g/mol. The Morgan fingerprint density at radius 3 is 2.90 bits per heavy atom. The molecule has 0 saturated carbocycles. The maximum atomic E-state index is 13.6. The molecular weight excluding hydrogens is 283 g/mol. The van der Waals surface area contributed by atoms with E-state index >= 15 is 0 Å². The molecule has 5 nitrogen and oxygen atoms in total. The lowest BCUT2D eigenvalue weighted by Gasteiger charge is -2.13. The number of nitrogens with one attached hydrogen (secondary N) is 2. The highest BCUT2D eigenvalue weighted by molar-refractivity contribution is 7.89. The zero-order valence-electron chi connectivity index (χ0n) is 11.4. The summed E-state index contributed by atoms with van der Waals surface area (Å²) in [4.78, 5) is 0.0821. The molecule has 1 aliphatic heterocycles. The van der Waals surface area contributed by atoms with E-state index in [-0.39, 0.29) is 10.9 Å². The van der Waals surface area contributed by atoms with Crippen LogP contribution in [0.25, 0.3) is 0 Å². The molecule has 0 bridgehead atoms. The number of sulfonamides is 1. The van der Waals surface area contributed by atoms with E-state index in [0.717, 1.165) is 0 Å². The summed E-state index contributed by atoms with van der Waals surface area (Å²) >= 11 is 0. The average Bonchev–Trinajstić information content (AvgIpc) is 2.89. The van der Waals surface area contributed by atoms with Gasteiger partial charge in [-0.15, -0.1) is 0 Å². The van der Waals surface area contributed by atoms with E-state index in [0.29, 0.717) is 38.3 Å². The first-order valence-electron chi connectivity index (χ1n) is 6.62. The van der Waals surface area contributed by atoms with Crippen LogP contribution in [0.15, 0.2) is 23.1 Å². The second-order valence-electron chi connectivity index (χ2n) is 4.72. The second-order valence-corrected chi connectivity index (χ2v) is 6.43. The van der Waals surface area contributed by atoms with Crippen LogP contribution in [0.5, 0.6) is 0 Å². The van der Waals surface area contributed by atoms with Gasteiger partial charge in [-0.3, -0.25) is 0 Å². The van der Waals surface area contributed by atoms with Crippen molar-refractivity contribution in [3.8, 4) is 0 Å². The third kappa shape index (κ3) is 3.76. The van der Waals surface area contributed by atoms with Gasteiger partial charge in [-0.05, 0) is 31.2 Å². The summed E-state index contributed by atoms with van der Waals surface area (Å²) in [5, 5.41) is 2.98. The minimum Gasteiger partial charge on any atom is -0.380 e. The predicted octanol–water partition coefficient (Wildman–Crippen LogP) is 1.00. The first-order chi connectivity index (χ1) is 9.53. The van der Waals surface area contributed by atoms with E-state index in [1.54, 1.807) is 0 Å². The number of ether oxygens (including phenoxy) is 1. The Labute approximate surface area is 118 Å². The van der Waals surface area contributed by atoms with Crippen LogP contribution in [0.3, 0.4) is 0 Å². The minimum absolute atomic E-state index is 0.0821. The fourth-order valence-electron chi connectivity index (χ4n) is 2.03. The Morgan fingerprint density at radius 2 is 2.25 bits per heavy atom. The number of hydrogen-bond donors (Lipinski definition) is 2.